The van der Waals surface area contributed by atoms with Gasteiger partial charge in [0, 0.05) is 19.1 Å². The molecule has 2 rings (SSSR count). The van der Waals surface area contributed by atoms with Gasteiger partial charge in [-0.3, -0.25) is 0 Å². The van der Waals surface area contributed by atoms with E-state index in [2.05, 4.69) is 9.62 Å². The number of hydrogen-bond donors (Lipinski definition) is 2. The fraction of sp³-hybridized carbons (Fsp3) is 0.500. The highest BCUT2D eigenvalue weighted by Gasteiger charge is 2.25. The van der Waals surface area contributed by atoms with Gasteiger partial charge in [0.2, 0.25) is 10.0 Å². The minimum Gasteiger partial charge on any atom is -0.478 e. The normalized spacial score (nSPS) is 15.3. The Hall–Kier alpha value is -1.44. The topological polar surface area (TPSA) is 86.7 Å². The van der Waals surface area contributed by atoms with Crippen LogP contribution >= 0.6 is 0 Å². The number of hydrogen-bond acceptors (Lipinski definition) is 4. The summed E-state index contributed by atoms with van der Waals surface area (Å²) in [5.74, 6) is -1.16. The van der Waals surface area contributed by atoms with Crippen molar-refractivity contribution in [3.05, 3.63) is 35.4 Å². The molecule has 0 bridgehead atoms. The van der Waals surface area contributed by atoms with Gasteiger partial charge in [-0.2, -0.15) is 0 Å². The second-order valence-electron chi connectivity index (χ2n) is 5.37. The smallest absolute Gasteiger partial charge is 0.335 e. The van der Waals surface area contributed by atoms with Crippen LogP contribution in [0.25, 0.3) is 0 Å². The highest BCUT2D eigenvalue weighted by atomic mass is 32.2. The van der Waals surface area contributed by atoms with Crippen LogP contribution in [0.15, 0.2) is 24.3 Å². The van der Waals surface area contributed by atoms with E-state index in [1.165, 1.54) is 37.1 Å². The van der Waals surface area contributed by atoms with Crippen LogP contribution in [0.2, 0.25) is 0 Å². The summed E-state index contributed by atoms with van der Waals surface area (Å²) in [6, 6.07) is 6.48. The van der Waals surface area contributed by atoms with Crippen molar-refractivity contribution in [1.29, 1.82) is 0 Å². The summed E-state index contributed by atoms with van der Waals surface area (Å²) < 4.78 is 26.5. The summed E-state index contributed by atoms with van der Waals surface area (Å²) in [4.78, 5) is 12.9. The zero-order chi connectivity index (χ0) is 15.5. The lowest BCUT2D eigenvalue weighted by molar-refractivity contribution is 0.0697. The Morgan fingerprint density at radius 3 is 2.48 bits per heavy atom. The van der Waals surface area contributed by atoms with Gasteiger partial charge < -0.3 is 10.0 Å². The molecule has 0 radical (unpaired) electrons. The predicted molar refractivity (Wildman–Crippen MR) is 79.7 cm³/mol. The summed E-state index contributed by atoms with van der Waals surface area (Å²) >= 11 is 0. The summed E-state index contributed by atoms with van der Waals surface area (Å²) in [7, 11) is -1.40. The van der Waals surface area contributed by atoms with Gasteiger partial charge in [0.25, 0.3) is 0 Å². The Balaban J connectivity index is 1.83. The van der Waals surface area contributed by atoms with Crippen molar-refractivity contribution in [3.63, 3.8) is 0 Å². The lowest BCUT2D eigenvalue weighted by atomic mass is 10.1. The third-order valence-corrected chi connectivity index (χ3v) is 4.87. The van der Waals surface area contributed by atoms with E-state index < -0.39 is 16.0 Å². The molecule has 0 amide bonds. The van der Waals surface area contributed by atoms with E-state index in [9.17, 15) is 13.2 Å². The second kappa shape index (κ2) is 6.55. The number of carbonyl (C=O) groups is 1. The standard InChI is InChI=1S/C14H20N2O4S/c1-16(13-6-7-13)9-8-15-21(19,20)10-11-2-4-12(5-3-11)14(17)18/h2-5,13,15H,6-10H2,1H3,(H,17,18). The fourth-order valence-corrected chi connectivity index (χ4v) is 3.23. The molecule has 116 valence electrons. The Morgan fingerprint density at radius 2 is 1.95 bits per heavy atom. The maximum Gasteiger partial charge on any atom is 0.335 e. The van der Waals surface area contributed by atoms with E-state index in [-0.39, 0.29) is 11.3 Å². The number of sulfonamides is 1. The average Bonchev–Trinajstić information content (AvgIpc) is 3.22. The number of likely N-dealkylation sites (N-methyl/N-ethyl adjacent to an activating group) is 1. The molecular formula is C14H20N2O4S. The summed E-state index contributed by atoms with van der Waals surface area (Å²) in [6.45, 7) is 1.09. The van der Waals surface area contributed by atoms with E-state index >= 15 is 0 Å². The molecule has 6 nitrogen and oxygen atoms in total. The first-order chi connectivity index (χ1) is 9.87. The molecule has 7 heteroatoms. The SMILES string of the molecule is CN(CCNS(=O)(=O)Cc1ccc(C(=O)O)cc1)C1CC1. The Morgan fingerprint density at radius 1 is 1.33 bits per heavy atom. The zero-order valence-electron chi connectivity index (χ0n) is 11.9. The van der Waals surface area contributed by atoms with Gasteiger partial charge in [0.15, 0.2) is 0 Å². The van der Waals surface area contributed by atoms with Crippen LogP contribution in [0.4, 0.5) is 0 Å². The molecule has 0 aromatic heterocycles. The molecule has 0 saturated heterocycles. The molecule has 0 aliphatic heterocycles. The third-order valence-electron chi connectivity index (χ3n) is 3.51. The van der Waals surface area contributed by atoms with Crippen molar-refractivity contribution >= 4 is 16.0 Å². The number of nitrogens with one attached hydrogen (secondary N) is 1. The van der Waals surface area contributed by atoms with Crippen LogP contribution in [0, 0.1) is 0 Å². The van der Waals surface area contributed by atoms with Crippen molar-refractivity contribution in [2.45, 2.75) is 24.6 Å². The number of nitrogens with zero attached hydrogens (tertiary/aromatic N) is 1. The van der Waals surface area contributed by atoms with Gasteiger partial charge in [0.05, 0.1) is 11.3 Å². The largest absolute Gasteiger partial charge is 0.478 e. The molecule has 1 fully saturated rings. The van der Waals surface area contributed by atoms with E-state index in [1.54, 1.807) is 0 Å². The Labute approximate surface area is 124 Å². The van der Waals surface area contributed by atoms with E-state index in [1.807, 2.05) is 7.05 Å². The van der Waals surface area contributed by atoms with Crippen molar-refractivity contribution < 1.29 is 18.3 Å². The van der Waals surface area contributed by atoms with E-state index in [0.717, 1.165) is 0 Å². The quantitative estimate of drug-likeness (QED) is 0.745. The van der Waals surface area contributed by atoms with Gasteiger partial charge in [0.1, 0.15) is 0 Å². The van der Waals surface area contributed by atoms with Gasteiger partial charge >= 0.3 is 5.97 Å². The molecule has 0 heterocycles. The monoisotopic (exact) mass is 312 g/mol. The van der Waals surface area contributed by atoms with Crippen LogP contribution in [0.5, 0.6) is 0 Å². The van der Waals surface area contributed by atoms with Crippen molar-refractivity contribution in [2.75, 3.05) is 20.1 Å². The Kier molecular flexibility index (Phi) is 4.97. The molecule has 1 saturated carbocycles. The molecule has 0 atom stereocenters. The third kappa shape index (κ3) is 5.11. The zero-order valence-corrected chi connectivity index (χ0v) is 12.8. The highest BCUT2D eigenvalue weighted by Crippen LogP contribution is 2.24. The maximum atomic E-state index is 11.9. The van der Waals surface area contributed by atoms with Crippen LogP contribution in [0.1, 0.15) is 28.8 Å². The molecule has 1 aliphatic carbocycles. The lowest BCUT2D eigenvalue weighted by Crippen LogP contribution is -2.34. The van der Waals surface area contributed by atoms with Crippen molar-refractivity contribution in [3.8, 4) is 0 Å². The predicted octanol–water partition coefficient (Wildman–Crippen LogP) is 0.898. The van der Waals surface area contributed by atoms with Crippen molar-refractivity contribution in [1.82, 2.24) is 9.62 Å². The number of aromatic carboxylic acids is 1. The second-order valence-corrected chi connectivity index (χ2v) is 7.17. The van der Waals surface area contributed by atoms with Crippen LogP contribution in [-0.4, -0.2) is 50.6 Å². The molecule has 1 aromatic rings. The summed E-state index contributed by atoms with van der Waals surface area (Å²) in [5, 5.41) is 8.79. The molecule has 2 N–H and O–H groups in total. The Bertz CT molecular complexity index is 594. The minimum atomic E-state index is -3.39. The van der Waals surface area contributed by atoms with Crippen LogP contribution < -0.4 is 4.72 Å². The summed E-state index contributed by atoms with van der Waals surface area (Å²) in [6.07, 6.45) is 2.39. The molecule has 1 aliphatic rings. The average molecular weight is 312 g/mol. The number of carboxylic acids is 1. The number of rotatable bonds is 8. The number of benzene rings is 1. The molecular weight excluding hydrogens is 292 g/mol. The first-order valence-electron chi connectivity index (χ1n) is 6.87. The molecule has 1 aromatic carbocycles. The summed E-state index contributed by atoms with van der Waals surface area (Å²) in [5.41, 5.74) is 0.721. The van der Waals surface area contributed by atoms with Crippen molar-refractivity contribution in [2.24, 2.45) is 0 Å². The lowest BCUT2D eigenvalue weighted by Gasteiger charge is -2.15. The minimum absolute atomic E-state index is 0.139. The van der Waals surface area contributed by atoms with E-state index in [0.29, 0.717) is 24.7 Å². The van der Waals surface area contributed by atoms with Gasteiger partial charge in [-0.05, 0) is 37.6 Å². The first kappa shape index (κ1) is 15.9. The van der Waals surface area contributed by atoms with Gasteiger partial charge in [-0.25, -0.2) is 17.9 Å². The van der Waals surface area contributed by atoms with Crippen LogP contribution in [0.3, 0.4) is 0 Å². The maximum absolute atomic E-state index is 11.9. The van der Waals surface area contributed by atoms with Crippen LogP contribution in [-0.2, 0) is 15.8 Å². The fourth-order valence-electron chi connectivity index (χ4n) is 2.09. The van der Waals surface area contributed by atoms with Gasteiger partial charge in [-0.15, -0.1) is 0 Å². The highest BCUT2D eigenvalue weighted by molar-refractivity contribution is 7.88. The van der Waals surface area contributed by atoms with E-state index in [4.69, 9.17) is 5.11 Å². The molecule has 21 heavy (non-hydrogen) atoms. The van der Waals surface area contributed by atoms with Gasteiger partial charge in [-0.1, -0.05) is 12.1 Å². The first-order valence-corrected chi connectivity index (χ1v) is 8.52. The molecule has 0 unspecified atom stereocenters. The molecule has 0 spiro atoms. The number of carboxylic acid groups (broad SMARTS) is 1.